The molecule has 0 atom stereocenters. The van der Waals surface area contributed by atoms with Crippen LogP contribution in [0.15, 0.2) is 47.5 Å². The van der Waals surface area contributed by atoms with E-state index < -0.39 is 0 Å². The first-order valence-corrected chi connectivity index (χ1v) is 10.4. The Labute approximate surface area is 173 Å². The highest BCUT2D eigenvalue weighted by Crippen LogP contribution is 2.26. The molecule has 4 rings (SSSR count). The number of anilines is 1. The summed E-state index contributed by atoms with van der Waals surface area (Å²) in [5.41, 5.74) is 3.93. The molecule has 0 aromatic heterocycles. The quantitative estimate of drug-likeness (QED) is 0.624. The molecular formula is C23H30N4O2. The number of aliphatic imine (C=N–C) groups is 1. The molecular weight excluding hydrogens is 364 g/mol. The van der Waals surface area contributed by atoms with Crippen LogP contribution in [0, 0.1) is 0 Å². The second-order valence-electron chi connectivity index (χ2n) is 7.44. The van der Waals surface area contributed by atoms with Crippen molar-refractivity contribution in [3.8, 4) is 11.5 Å². The molecule has 0 spiro atoms. The van der Waals surface area contributed by atoms with Gasteiger partial charge in [0.05, 0.1) is 13.7 Å². The van der Waals surface area contributed by atoms with Crippen molar-refractivity contribution < 1.29 is 9.47 Å². The molecule has 0 unspecified atom stereocenters. The lowest BCUT2D eigenvalue weighted by Gasteiger charge is -2.37. The average molecular weight is 395 g/mol. The highest BCUT2D eigenvalue weighted by Gasteiger charge is 2.20. The Bertz CT molecular complexity index is 842. The molecule has 2 heterocycles. The van der Waals surface area contributed by atoms with Gasteiger partial charge in [0, 0.05) is 51.9 Å². The van der Waals surface area contributed by atoms with Gasteiger partial charge in [-0.1, -0.05) is 12.1 Å². The average Bonchev–Trinajstić information content (AvgIpc) is 3.25. The molecule has 0 bridgehead atoms. The van der Waals surface area contributed by atoms with Crippen molar-refractivity contribution in [3.63, 3.8) is 0 Å². The van der Waals surface area contributed by atoms with Crippen molar-refractivity contribution in [1.82, 2.24) is 10.2 Å². The third-order valence-corrected chi connectivity index (χ3v) is 5.68. The van der Waals surface area contributed by atoms with E-state index in [0.29, 0.717) is 0 Å². The number of benzene rings is 2. The maximum Gasteiger partial charge on any atom is 0.193 e. The number of rotatable bonds is 5. The van der Waals surface area contributed by atoms with Gasteiger partial charge in [-0.05, 0) is 47.9 Å². The molecule has 2 aromatic rings. The van der Waals surface area contributed by atoms with Gasteiger partial charge in [-0.25, -0.2) is 0 Å². The van der Waals surface area contributed by atoms with E-state index >= 15 is 0 Å². The molecule has 0 saturated carbocycles. The number of hydrogen-bond acceptors (Lipinski definition) is 4. The Morgan fingerprint density at radius 3 is 2.62 bits per heavy atom. The molecule has 0 radical (unpaired) electrons. The Kier molecular flexibility index (Phi) is 6.08. The molecule has 1 saturated heterocycles. The zero-order valence-corrected chi connectivity index (χ0v) is 17.4. The fourth-order valence-electron chi connectivity index (χ4n) is 4.02. The Morgan fingerprint density at radius 1 is 1.10 bits per heavy atom. The number of ether oxygens (including phenoxy) is 2. The number of methoxy groups -OCH3 is 1. The van der Waals surface area contributed by atoms with Crippen LogP contribution < -0.4 is 19.7 Å². The summed E-state index contributed by atoms with van der Waals surface area (Å²) in [5.74, 6) is 2.93. The van der Waals surface area contributed by atoms with E-state index in [0.717, 1.165) is 69.6 Å². The molecule has 6 nitrogen and oxygen atoms in total. The van der Waals surface area contributed by atoms with Gasteiger partial charge >= 0.3 is 0 Å². The summed E-state index contributed by atoms with van der Waals surface area (Å²) in [6, 6.07) is 14.8. The van der Waals surface area contributed by atoms with Gasteiger partial charge in [0.25, 0.3) is 0 Å². The van der Waals surface area contributed by atoms with Crippen molar-refractivity contribution >= 4 is 11.6 Å². The molecule has 2 aliphatic heterocycles. The third-order valence-electron chi connectivity index (χ3n) is 5.68. The van der Waals surface area contributed by atoms with Crippen LogP contribution >= 0.6 is 0 Å². The van der Waals surface area contributed by atoms with Crippen LogP contribution in [0.1, 0.15) is 11.1 Å². The second-order valence-corrected chi connectivity index (χ2v) is 7.44. The number of hydrogen-bond donors (Lipinski definition) is 1. The first-order valence-electron chi connectivity index (χ1n) is 10.4. The monoisotopic (exact) mass is 394 g/mol. The molecule has 2 aliphatic rings. The van der Waals surface area contributed by atoms with Crippen LogP contribution in [-0.2, 0) is 12.8 Å². The number of nitrogens with one attached hydrogen (secondary N) is 1. The van der Waals surface area contributed by atoms with Crippen molar-refractivity contribution in [2.75, 3.05) is 58.4 Å². The Morgan fingerprint density at radius 2 is 1.90 bits per heavy atom. The van der Waals surface area contributed by atoms with Gasteiger partial charge in [-0.3, -0.25) is 4.99 Å². The highest BCUT2D eigenvalue weighted by molar-refractivity contribution is 5.80. The molecule has 29 heavy (non-hydrogen) atoms. The van der Waals surface area contributed by atoms with Crippen LogP contribution in [0.2, 0.25) is 0 Å². The van der Waals surface area contributed by atoms with Crippen LogP contribution in [-0.4, -0.2) is 64.3 Å². The van der Waals surface area contributed by atoms with Crippen LogP contribution in [0.4, 0.5) is 5.69 Å². The lowest BCUT2D eigenvalue weighted by Crippen LogP contribution is -2.52. The SMILES string of the molecule is CN=C(NCCc1ccc2c(c1)CCO2)N1CCN(c2ccc(OC)cc2)CC1. The molecule has 0 aliphatic carbocycles. The van der Waals surface area contributed by atoms with Crippen LogP contribution in [0.3, 0.4) is 0 Å². The Balaban J connectivity index is 1.25. The zero-order valence-electron chi connectivity index (χ0n) is 17.4. The number of nitrogens with zero attached hydrogens (tertiary/aromatic N) is 3. The van der Waals surface area contributed by atoms with Gasteiger partial charge in [0.15, 0.2) is 5.96 Å². The topological polar surface area (TPSA) is 49.3 Å². The first kappa shape index (κ1) is 19.4. The predicted octanol–water partition coefficient (Wildman–Crippen LogP) is 2.57. The third kappa shape index (κ3) is 4.58. The van der Waals surface area contributed by atoms with Crippen molar-refractivity contribution in [3.05, 3.63) is 53.6 Å². The van der Waals surface area contributed by atoms with Gasteiger partial charge in [-0.2, -0.15) is 0 Å². The van der Waals surface area contributed by atoms with Gasteiger partial charge in [0.1, 0.15) is 11.5 Å². The molecule has 1 fully saturated rings. The van der Waals surface area contributed by atoms with E-state index in [1.807, 2.05) is 19.2 Å². The zero-order chi connectivity index (χ0) is 20.1. The number of guanidine groups is 1. The lowest BCUT2D eigenvalue weighted by molar-refractivity contribution is 0.357. The predicted molar refractivity (Wildman–Crippen MR) is 117 cm³/mol. The minimum absolute atomic E-state index is 0.812. The molecule has 0 amide bonds. The highest BCUT2D eigenvalue weighted by atomic mass is 16.5. The van der Waals surface area contributed by atoms with Crippen molar-refractivity contribution in [2.24, 2.45) is 4.99 Å². The van der Waals surface area contributed by atoms with Gasteiger partial charge in [0.2, 0.25) is 0 Å². The minimum atomic E-state index is 0.812. The number of fused-ring (bicyclic) bond motifs is 1. The summed E-state index contributed by atoms with van der Waals surface area (Å²) in [6.07, 6.45) is 2.01. The minimum Gasteiger partial charge on any atom is -0.497 e. The van der Waals surface area contributed by atoms with E-state index in [-0.39, 0.29) is 0 Å². The first-order chi connectivity index (χ1) is 14.3. The fourth-order valence-corrected chi connectivity index (χ4v) is 4.02. The summed E-state index contributed by atoms with van der Waals surface area (Å²) in [7, 11) is 3.57. The van der Waals surface area contributed by atoms with E-state index in [4.69, 9.17) is 9.47 Å². The lowest BCUT2D eigenvalue weighted by atomic mass is 10.1. The summed E-state index contributed by atoms with van der Waals surface area (Å²) >= 11 is 0. The van der Waals surface area contributed by atoms with Crippen LogP contribution in [0.25, 0.3) is 0 Å². The molecule has 154 valence electrons. The smallest absolute Gasteiger partial charge is 0.193 e. The largest absolute Gasteiger partial charge is 0.497 e. The molecule has 6 heteroatoms. The normalized spacial score (nSPS) is 16.4. The maximum atomic E-state index is 5.59. The van der Waals surface area contributed by atoms with E-state index in [9.17, 15) is 0 Å². The summed E-state index contributed by atoms with van der Waals surface area (Å²) in [6.45, 7) is 5.58. The van der Waals surface area contributed by atoms with Gasteiger partial charge < -0.3 is 24.6 Å². The fraction of sp³-hybridized carbons (Fsp3) is 0.435. The van der Waals surface area contributed by atoms with Gasteiger partial charge in [-0.15, -0.1) is 0 Å². The van der Waals surface area contributed by atoms with Crippen LogP contribution in [0.5, 0.6) is 11.5 Å². The molecule has 1 N–H and O–H groups in total. The number of piperazine rings is 1. The summed E-state index contributed by atoms with van der Waals surface area (Å²) < 4.78 is 10.8. The van der Waals surface area contributed by atoms with Crippen molar-refractivity contribution in [1.29, 1.82) is 0 Å². The van der Waals surface area contributed by atoms with E-state index in [1.165, 1.54) is 16.8 Å². The summed E-state index contributed by atoms with van der Waals surface area (Å²) in [4.78, 5) is 9.25. The second kappa shape index (κ2) is 9.07. The van der Waals surface area contributed by atoms with E-state index in [1.54, 1.807) is 7.11 Å². The standard InChI is InChI=1S/C23H30N4O2/c1-24-23(25-11-9-18-3-8-22-19(17-18)10-16-29-22)27-14-12-26(13-15-27)20-4-6-21(28-2)7-5-20/h3-8,17H,9-16H2,1-2H3,(H,24,25). The van der Waals surface area contributed by atoms with E-state index in [2.05, 4.69) is 50.4 Å². The Hall–Kier alpha value is -2.89. The van der Waals surface area contributed by atoms with Crippen molar-refractivity contribution in [2.45, 2.75) is 12.8 Å². The molecule has 2 aromatic carbocycles. The maximum absolute atomic E-state index is 5.59. The summed E-state index contributed by atoms with van der Waals surface area (Å²) in [5, 5.41) is 3.53.